The maximum absolute atomic E-state index is 12.4. The number of aryl methyl sites for hydroxylation is 2. The number of carbonyl (C=O) groups excluding carboxylic acids is 1. The van der Waals surface area contributed by atoms with E-state index >= 15 is 0 Å². The first-order chi connectivity index (χ1) is 11.7. The van der Waals surface area contributed by atoms with E-state index in [0.29, 0.717) is 12.8 Å². The van der Waals surface area contributed by atoms with E-state index in [1.54, 1.807) is 6.20 Å². The van der Waals surface area contributed by atoms with Gasteiger partial charge in [0.1, 0.15) is 5.82 Å². The van der Waals surface area contributed by atoms with Crippen LogP contribution in [0, 0.1) is 6.92 Å². The van der Waals surface area contributed by atoms with Crippen molar-refractivity contribution >= 4 is 16.8 Å². The molecule has 4 rings (SSSR count). The number of aromatic amines is 1. The third-order valence-electron chi connectivity index (χ3n) is 4.65. The van der Waals surface area contributed by atoms with Gasteiger partial charge < -0.3 is 9.88 Å². The summed E-state index contributed by atoms with van der Waals surface area (Å²) in [6, 6.07) is 8.39. The van der Waals surface area contributed by atoms with Crippen LogP contribution in [0.3, 0.4) is 0 Å². The molecule has 0 spiro atoms. The van der Waals surface area contributed by atoms with E-state index in [9.17, 15) is 4.79 Å². The molecule has 0 bridgehead atoms. The van der Waals surface area contributed by atoms with E-state index in [4.69, 9.17) is 0 Å². The normalized spacial score (nSPS) is 17.7. The molecule has 1 atom stereocenters. The highest BCUT2D eigenvalue weighted by atomic mass is 16.2. The van der Waals surface area contributed by atoms with Gasteiger partial charge in [-0.15, -0.1) is 0 Å². The van der Waals surface area contributed by atoms with Crippen LogP contribution in [0.5, 0.6) is 0 Å². The molecule has 0 radical (unpaired) electrons. The number of imidazole rings is 1. The van der Waals surface area contributed by atoms with Crippen molar-refractivity contribution in [2.45, 2.75) is 32.2 Å². The Hall–Kier alpha value is -2.63. The number of amides is 1. The molecule has 1 saturated heterocycles. The third-order valence-corrected chi connectivity index (χ3v) is 4.65. The molecule has 1 amide bonds. The zero-order valence-electron chi connectivity index (χ0n) is 13.8. The minimum atomic E-state index is 0.197. The molecule has 1 aromatic carbocycles. The molecule has 2 aromatic heterocycles. The number of hydrogen-bond donors (Lipinski definition) is 1. The van der Waals surface area contributed by atoms with Crippen LogP contribution in [-0.4, -0.2) is 43.6 Å². The average molecular weight is 323 g/mol. The predicted molar refractivity (Wildman–Crippen MR) is 91.6 cm³/mol. The Labute approximate surface area is 140 Å². The number of fused-ring (bicyclic) bond motifs is 1. The predicted octanol–water partition coefficient (Wildman–Crippen LogP) is 2.47. The minimum Gasteiger partial charge on any atom is -0.346 e. The highest BCUT2D eigenvalue weighted by Crippen LogP contribution is 2.24. The highest BCUT2D eigenvalue weighted by molar-refractivity contribution is 5.78. The van der Waals surface area contributed by atoms with Crippen LogP contribution < -0.4 is 0 Å². The summed E-state index contributed by atoms with van der Waals surface area (Å²) >= 11 is 0. The summed E-state index contributed by atoms with van der Waals surface area (Å²) in [5.74, 6) is 1.08. The lowest BCUT2D eigenvalue weighted by Crippen LogP contribution is -2.29. The molecule has 124 valence electrons. The van der Waals surface area contributed by atoms with Crippen LogP contribution in [0.4, 0.5) is 0 Å². The van der Waals surface area contributed by atoms with Crippen LogP contribution in [0.15, 0.2) is 36.7 Å². The second-order valence-electron chi connectivity index (χ2n) is 6.46. The molecule has 6 nitrogen and oxygen atoms in total. The smallest absolute Gasteiger partial charge is 0.223 e. The Morgan fingerprint density at radius 3 is 3.04 bits per heavy atom. The molecule has 3 aromatic rings. The quantitative estimate of drug-likeness (QED) is 0.802. The number of benzene rings is 1. The van der Waals surface area contributed by atoms with Gasteiger partial charge in [0.25, 0.3) is 0 Å². The molecule has 1 aliphatic rings. The first-order valence-corrected chi connectivity index (χ1v) is 8.41. The van der Waals surface area contributed by atoms with E-state index in [1.165, 1.54) is 0 Å². The van der Waals surface area contributed by atoms with Gasteiger partial charge in [-0.05, 0) is 19.4 Å². The molecule has 24 heavy (non-hydrogen) atoms. The van der Waals surface area contributed by atoms with Gasteiger partial charge in [-0.1, -0.05) is 18.2 Å². The van der Waals surface area contributed by atoms with Crippen molar-refractivity contribution in [1.29, 1.82) is 0 Å². The number of rotatable bonds is 4. The summed E-state index contributed by atoms with van der Waals surface area (Å²) in [5, 5.41) is 5.80. The molecule has 1 unspecified atom stereocenters. The number of H-pyrrole nitrogens is 1. The molecule has 3 heterocycles. The third kappa shape index (κ3) is 2.91. The standard InChI is InChI=1S/C18H21N5O/c1-13-10-19-17(20-13)6-7-18(24)22-9-8-15(12-22)23-11-14-4-2-3-5-16(14)21-23/h2-5,10-11,15H,6-9,12H2,1H3,(H,19,20). The van der Waals surface area contributed by atoms with Crippen molar-refractivity contribution in [3.63, 3.8) is 0 Å². The van der Waals surface area contributed by atoms with Crippen LogP contribution in [-0.2, 0) is 11.2 Å². The summed E-state index contributed by atoms with van der Waals surface area (Å²) in [6.45, 7) is 3.51. The van der Waals surface area contributed by atoms with Crippen LogP contribution in [0.25, 0.3) is 10.9 Å². The van der Waals surface area contributed by atoms with Crippen molar-refractivity contribution in [2.75, 3.05) is 13.1 Å². The van der Waals surface area contributed by atoms with Crippen LogP contribution in [0.2, 0.25) is 0 Å². The summed E-state index contributed by atoms with van der Waals surface area (Å²) in [4.78, 5) is 21.8. The molecule has 1 N–H and O–H groups in total. The van der Waals surface area contributed by atoms with E-state index in [0.717, 1.165) is 41.9 Å². The van der Waals surface area contributed by atoms with Crippen molar-refractivity contribution in [3.8, 4) is 0 Å². The fraction of sp³-hybridized carbons (Fsp3) is 0.389. The molecule has 0 saturated carbocycles. The molecule has 1 fully saturated rings. The maximum atomic E-state index is 12.4. The monoisotopic (exact) mass is 323 g/mol. The number of nitrogens with zero attached hydrogens (tertiary/aromatic N) is 4. The summed E-state index contributed by atoms with van der Waals surface area (Å²) in [6.07, 6.45) is 6.01. The maximum Gasteiger partial charge on any atom is 0.223 e. The minimum absolute atomic E-state index is 0.197. The lowest BCUT2D eigenvalue weighted by Gasteiger charge is -2.16. The number of nitrogens with one attached hydrogen (secondary N) is 1. The first-order valence-electron chi connectivity index (χ1n) is 8.41. The molecule has 1 aliphatic heterocycles. The van der Waals surface area contributed by atoms with Gasteiger partial charge >= 0.3 is 0 Å². The van der Waals surface area contributed by atoms with Gasteiger partial charge in [0.2, 0.25) is 5.91 Å². The van der Waals surface area contributed by atoms with Crippen molar-refractivity contribution in [2.24, 2.45) is 0 Å². The lowest BCUT2D eigenvalue weighted by atomic mass is 10.2. The Morgan fingerprint density at radius 1 is 1.38 bits per heavy atom. The topological polar surface area (TPSA) is 66.8 Å². The van der Waals surface area contributed by atoms with Gasteiger partial charge in [-0.2, -0.15) is 5.10 Å². The SMILES string of the molecule is Cc1cnc(CCC(=O)N2CCC(n3cc4ccccc4n3)C2)[nH]1. The molecule has 6 heteroatoms. The fourth-order valence-corrected chi connectivity index (χ4v) is 3.33. The number of aromatic nitrogens is 4. The Morgan fingerprint density at radius 2 is 2.25 bits per heavy atom. The van der Waals surface area contributed by atoms with Gasteiger partial charge in [-0.25, -0.2) is 4.98 Å². The number of likely N-dealkylation sites (tertiary alicyclic amines) is 1. The molecule has 0 aliphatic carbocycles. The number of hydrogen-bond acceptors (Lipinski definition) is 3. The summed E-state index contributed by atoms with van der Waals surface area (Å²) in [5.41, 5.74) is 2.04. The Kier molecular flexibility index (Phi) is 3.80. The van der Waals surface area contributed by atoms with E-state index in [2.05, 4.69) is 27.3 Å². The lowest BCUT2D eigenvalue weighted by molar-refractivity contribution is -0.130. The van der Waals surface area contributed by atoms with Gasteiger partial charge in [0.15, 0.2) is 0 Å². The van der Waals surface area contributed by atoms with Crippen LogP contribution in [0.1, 0.15) is 30.4 Å². The van der Waals surface area contributed by atoms with E-state index in [-0.39, 0.29) is 11.9 Å². The highest BCUT2D eigenvalue weighted by Gasteiger charge is 2.27. The van der Waals surface area contributed by atoms with Gasteiger partial charge in [0, 0.05) is 49.4 Å². The van der Waals surface area contributed by atoms with Crippen molar-refractivity contribution < 1.29 is 4.79 Å². The second kappa shape index (κ2) is 6.11. The van der Waals surface area contributed by atoms with Crippen molar-refractivity contribution in [3.05, 3.63) is 48.2 Å². The molecular formula is C18H21N5O. The van der Waals surface area contributed by atoms with E-state index in [1.807, 2.05) is 34.7 Å². The van der Waals surface area contributed by atoms with Gasteiger partial charge in [0.05, 0.1) is 11.6 Å². The van der Waals surface area contributed by atoms with Crippen LogP contribution >= 0.6 is 0 Å². The zero-order valence-corrected chi connectivity index (χ0v) is 13.8. The largest absolute Gasteiger partial charge is 0.346 e. The Balaban J connectivity index is 1.37. The van der Waals surface area contributed by atoms with Gasteiger partial charge in [-0.3, -0.25) is 9.48 Å². The summed E-state index contributed by atoms with van der Waals surface area (Å²) < 4.78 is 2.02. The second-order valence-corrected chi connectivity index (χ2v) is 6.46. The van der Waals surface area contributed by atoms with Crippen molar-refractivity contribution in [1.82, 2.24) is 24.6 Å². The van der Waals surface area contributed by atoms with E-state index < -0.39 is 0 Å². The first kappa shape index (κ1) is 14.9. The fourth-order valence-electron chi connectivity index (χ4n) is 3.33. The zero-order chi connectivity index (χ0) is 16.5. The Bertz CT molecular complexity index is 832. The molecular weight excluding hydrogens is 302 g/mol. The average Bonchev–Trinajstić information content (AvgIpc) is 3.31. The summed E-state index contributed by atoms with van der Waals surface area (Å²) in [7, 11) is 0. The number of carbonyl (C=O) groups is 1.